The summed E-state index contributed by atoms with van der Waals surface area (Å²) in [7, 11) is 0. The maximum Gasteiger partial charge on any atom is 0.229 e. The van der Waals surface area contributed by atoms with Gasteiger partial charge in [-0.2, -0.15) is 0 Å². The number of para-hydroxylation sites is 1. The van der Waals surface area contributed by atoms with E-state index < -0.39 is 0 Å². The Morgan fingerprint density at radius 3 is 2.73 bits per heavy atom. The average molecular weight is 220 g/mol. The first-order valence-electron chi connectivity index (χ1n) is 4.78. The molecule has 0 aliphatic carbocycles. The Morgan fingerprint density at radius 2 is 2.07 bits per heavy atom. The highest BCUT2D eigenvalue weighted by Gasteiger charge is 2.07. The minimum absolute atomic E-state index is 0.481. The average Bonchev–Trinajstić information content (AvgIpc) is 2.71. The van der Waals surface area contributed by atoms with E-state index in [9.17, 15) is 0 Å². The lowest BCUT2D eigenvalue weighted by Crippen LogP contribution is -1.97. The second kappa shape index (κ2) is 4.35. The molecule has 4 nitrogen and oxygen atoms in total. The SMILES string of the molecule is CC(C)c1ccccc1Nc1nnns1. The second-order valence-corrected chi connectivity index (χ2v) is 4.27. The van der Waals surface area contributed by atoms with Crippen LogP contribution in [0.2, 0.25) is 0 Å². The molecule has 0 aliphatic rings. The minimum atomic E-state index is 0.481. The lowest BCUT2D eigenvalue weighted by molar-refractivity contribution is 0.868. The molecule has 1 aromatic heterocycles. The largest absolute Gasteiger partial charge is 0.329 e. The van der Waals surface area contributed by atoms with Gasteiger partial charge in [-0.25, -0.2) is 0 Å². The van der Waals surface area contributed by atoms with Crippen LogP contribution in [0.4, 0.5) is 10.8 Å². The molecule has 2 rings (SSSR count). The number of nitrogens with zero attached hydrogens (tertiary/aromatic N) is 3. The smallest absolute Gasteiger partial charge is 0.229 e. The Bertz CT molecular complexity index is 425. The van der Waals surface area contributed by atoms with Crippen LogP contribution in [0, 0.1) is 0 Å². The molecule has 0 aliphatic heterocycles. The van der Waals surface area contributed by atoms with Crippen molar-refractivity contribution < 1.29 is 0 Å². The van der Waals surface area contributed by atoms with Gasteiger partial charge in [0.15, 0.2) is 0 Å². The Kier molecular flexibility index (Phi) is 2.91. The predicted molar refractivity (Wildman–Crippen MR) is 61.5 cm³/mol. The van der Waals surface area contributed by atoms with Crippen LogP contribution in [-0.4, -0.2) is 14.8 Å². The summed E-state index contributed by atoms with van der Waals surface area (Å²) in [5.74, 6) is 0.481. The van der Waals surface area contributed by atoms with Crippen molar-refractivity contribution in [3.8, 4) is 0 Å². The van der Waals surface area contributed by atoms with Crippen LogP contribution in [0.1, 0.15) is 25.3 Å². The molecule has 0 spiro atoms. The van der Waals surface area contributed by atoms with E-state index in [-0.39, 0.29) is 0 Å². The maximum atomic E-state index is 3.86. The van der Waals surface area contributed by atoms with Crippen molar-refractivity contribution in [3.05, 3.63) is 29.8 Å². The molecule has 15 heavy (non-hydrogen) atoms. The fourth-order valence-corrected chi connectivity index (χ4v) is 1.79. The van der Waals surface area contributed by atoms with E-state index in [1.54, 1.807) is 0 Å². The summed E-state index contributed by atoms with van der Waals surface area (Å²) in [6.07, 6.45) is 0. The van der Waals surface area contributed by atoms with Crippen molar-refractivity contribution in [2.45, 2.75) is 19.8 Å². The highest BCUT2D eigenvalue weighted by atomic mass is 32.1. The summed E-state index contributed by atoms with van der Waals surface area (Å²) >= 11 is 1.25. The van der Waals surface area contributed by atoms with E-state index in [0.29, 0.717) is 5.92 Å². The zero-order valence-corrected chi connectivity index (χ0v) is 9.45. The van der Waals surface area contributed by atoms with E-state index in [1.807, 2.05) is 18.2 Å². The van der Waals surface area contributed by atoms with Gasteiger partial charge in [0.1, 0.15) is 0 Å². The predicted octanol–water partition coefficient (Wildman–Crippen LogP) is 2.80. The number of hydrogen-bond donors (Lipinski definition) is 1. The van der Waals surface area contributed by atoms with Gasteiger partial charge in [0, 0.05) is 17.2 Å². The molecular weight excluding hydrogens is 208 g/mol. The summed E-state index contributed by atoms with van der Waals surface area (Å²) in [6.45, 7) is 4.33. The van der Waals surface area contributed by atoms with Gasteiger partial charge in [-0.3, -0.25) is 0 Å². The third-order valence-corrected chi connectivity index (χ3v) is 2.64. The Labute approximate surface area is 92.5 Å². The Morgan fingerprint density at radius 1 is 1.27 bits per heavy atom. The zero-order valence-electron chi connectivity index (χ0n) is 8.64. The molecule has 0 saturated carbocycles. The van der Waals surface area contributed by atoms with Gasteiger partial charge >= 0.3 is 0 Å². The van der Waals surface area contributed by atoms with Crippen molar-refractivity contribution in [3.63, 3.8) is 0 Å². The number of rotatable bonds is 3. The van der Waals surface area contributed by atoms with Gasteiger partial charge in [-0.05, 0) is 22.8 Å². The highest BCUT2D eigenvalue weighted by molar-refractivity contribution is 7.09. The molecule has 1 aromatic carbocycles. The second-order valence-electron chi connectivity index (χ2n) is 3.53. The fraction of sp³-hybridized carbons (Fsp3) is 0.300. The molecule has 0 atom stereocenters. The van der Waals surface area contributed by atoms with Crippen molar-refractivity contribution in [1.82, 2.24) is 14.8 Å². The third-order valence-electron chi connectivity index (χ3n) is 2.12. The van der Waals surface area contributed by atoms with Gasteiger partial charge < -0.3 is 5.32 Å². The zero-order chi connectivity index (χ0) is 10.7. The van der Waals surface area contributed by atoms with Gasteiger partial charge in [0.05, 0.1) is 0 Å². The fourth-order valence-electron chi connectivity index (χ4n) is 1.41. The molecule has 5 heteroatoms. The van der Waals surface area contributed by atoms with Crippen molar-refractivity contribution in [2.75, 3.05) is 5.32 Å². The summed E-state index contributed by atoms with van der Waals surface area (Å²) in [5.41, 5.74) is 2.35. The summed E-state index contributed by atoms with van der Waals surface area (Å²) in [5, 5.41) is 11.3. The molecule has 0 fully saturated rings. The van der Waals surface area contributed by atoms with E-state index in [2.05, 4.69) is 40.0 Å². The quantitative estimate of drug-likeness (QED) is 0.864. The van der Waals surface area contributed by atoms with E-state index in [1.165, 1.54) is 17.1 Å². The first kappa shape index (κ1) is 10.0. The molecule has 0 amide bonds. The summed E-state index contributed by atoms with van der Waals surface area (Å²) in [4.78, 5) is 0. The van der Waals surface area contributed by atoms with Crippen LogP contribution in [-0.2, 0) is 0 Å². The van der Waals surface area contributed by atoms with Gasteiger partial charge in [0.25, 0.3) is 0 Å². The molecular formula is C10H12N4S. The van der Waals surface area contributed by atoms with E-state index in [0.717, 1.165) is 10.8 Å². The summed E-state index contributed by atoms with van der Waals surface area (Å²) in [6, 6.07) is 8.19. The maximum absolute atomic E-state index is 3.86. The van der Waals surface area contributed by atoms with Crippen molar-refractivity contribution >= 4 is 22.4 Å². The minimum Gasteiger partial charge on any atom is -0.329 e. The summed E-state index contributed by atoms with van der Waals surface area (Å²) < 4.78 is 3.71. The van der Waals surface area contributed by atoms with E-state index in [4.69, 9.17) is 0 Å². The lowest BCUT2D eigenvalue weighted by Gasteiger charge is -2.11. The molecule has 1 heterocycles. The topological polar surface area (TPSA) is 50.7 Å². The first-order valence-corrected chi connectivity index (χ1v) is 5.55. The number of anilines is 2. The van der Waals surface area contributed by atoms with Crippen LogP contribution in [0.5, 0.6) is 0 Å². The van der Waals surface area contributed by atoms with Crippen molar-refractivity contribution in [1.29, 1.82) is 0 Å². The molecule has 0 bridgehead atoms. The monoisotopic (exact) mass is 220 g/mol. The number of aromatic nitrogens is 3. The standard InChI is InChI=1S/C10H12N4S/c1-7(2)8-5-3-4-6-9(8)11-10-12-13-14-15-10/h3-7H,1-2H3,(H,11,12,14). The number of benzene rings is 1. The lowest BCUT2D eigenvalue weighted by atomic mass is 10.0. The third kappa shape index (κ3) is 2.30. The first-order chi connectivity index (χ1) is 7.27. The van der Waals surface area contributed by atoms with Gasteiger partial charge in [-0.1, -0.05) is 41.6 Å². The molecule has 78 valence electrons. The number of nitrogens with one attached hydrogen (secondary N) is 1. The van der Waals surface area contributed by atoms with Gasteiger partial charge in [-0.15, -0.1) is 0 Å². The Hall–Kier alpha value is -1.49. The molecule has 2 aromatic rings. The molecule has 1 N–H and O–H groups in total. The number of hydrogen-bond acceptors (Lipinski definition) is 5. The molecule has 0 saturated heterocycles. The highest BCUT2D eigenvalue weighted by Crippen LogP contribution is 2.26. The van der Waals surface area contributed by atoms with Crippen LogP contribution >= 0.6 is 11.5 Å². The van der Waals surface area contributed by atoms with Crippen LogP contribution in [0.3, 0.4) is 0 Å². The van der Waals surface area contributed by atoms with Gasteiger partial charge in [0.2, 0.25) is 5.13 Å². The molecule has 0 radical (unpaired) electrons. The van der Waals surface area contributed by atoms with Crippen LogP contribution in [0.25, 0.3) is 0 Å². The normalized spacial score (nSPS) is 10.6. The molecule has 0 unspecified atom stereocenters. The van der Waals surface area contributed by atoms with Crippen molar-refractivity contribution in [2.24, 2.45) is 0 Å². The van der Waals surface area contributed by atoms with Crippen LogP contribution < -0.4 is 5.32 Å². The van der Waals surface area contributed by atoms with Crippen LogP contribution in [0.15, 0.2) is 24.3 Å². The Balaban J connectivity index is 2.28. The van der Waals surface area contributed by atoms with E-state index >= 15 is 0 Å².